The summed E-state index contributed by atoms with van der Waals surface area (Å²) in [6.07, 6.45) is 7.42. The highest BCUT2D eigenvalue weighted by molar-refractivity contribution is 5.79. The Morgan fingerprint density at radius 1 is 1.40 bits per heavy atom. The number of imidazole rings is 1. The molecule has 6 nitrogen and oxygen atoms in total. The lowest BCUT2D eigenvalue weighted by atomic mass is 9.97. The lowest BCUT2D eigenvalue weighted by Gasteiger charge is -2.32. The van der Waals surface area contributed by atoms with Crippen LogP contribution >= 0.6 is 0 Å². The number of amides is 1. The van der Waals surface area contributed by atoms with Crippen molar-refractivity contribution in [1.82, 2.24) is 19.9 Å². The van der Waals surface area contributed by atoms with Gasteiger partial charge < -0.3 is 14.8 Å². The van der Waals surface area contributed by atoms with Gasteiger partial charge in [-0.2, -0.15) is 0 Å². The fourth-order valence-electron chi connectivity index (χ4n) is 3.32. The molecule has 1 aliphatic rings. The number of hydrogen-bond donors (Lipinski definition) is 1. The largest absolute Gasteiger partial charge is 0.356 e. The molecule has 3 heterocycles. The zero-order valence-corrected chi connectivity index (χ0v) is 15.1. The number of piperidine rings is 1. The van der Waals surface area contributed by atoms with E-state index in [4.69, 9.17) is 0 Å². The third-order valence-corrected chi connectivity index (χ3v) is 4.57. The maximum atomic E-state index is 12.6. The van der Waals surface area contributed by atoms with Crippen LogP contribution in [-0.4, -0.2) is 33.5 Å². The molecule has 1 fully saturated rings. The first-order valence-corrected chi connectivity index (χ1v) is 9.06. The molecule has 2 aromatic rings. The quantitative estimate of drug-likeness (QED) is 0.877. The number of aromatic nitrogens is 3. The number of hydrogen-bond acceptors (Lipinski definition) is 4. The summed E-state index contributed by atoms with van der Waals surface area (Å²) >= 11 is 0. The molecule has 1 saturated heterocycles. The second kappa shape index (κ2) is 8.14. The van der Waals surface area contributed by atoms with E-state index in [2.05, 4.69) is 38.6 Å². The van der Waals surface area contributed by atoms with Gasteiger partial charge in [-0.1, -0.05) is 19.9 Å². The number of nitrogens with one attached hydrogen (secondary N) is 1. The molecule has 134 valence electrons. The van der Waals surface area contributed by atoms with E-state index in [1.54, 1.807) is 6.20 Å². The molecule has 2 aromatic heterocycles. The Morgan fingerprint density at radius 3 is 3.04 bits per heavy atom. The summed E-state index contributed by atoms with van der Waals surface area (Å²) in [7, 11) is 0. The van der Waals surface area contributed by atoms with E-state index >= 15 is 0 Å². The molecule has 1 aliphatic heterocycles. The van der Waals surface area contributed by atoms with Crippen LogP contribution in [0.2, 0.25) is 0 Å². The molecule has 3 rings (SSSR count). The Balaban J connectivity index is 1.55. The van der Waals surface area contributed by atoms with Crippen LogP contribution in [0.25, 0.3) is 0 Å². The molecule has 0 saturated carbocycles. The molecule has 1 N–H and O–H groups in total. The molecule has 6 heteroatoms. The summed E-state index contributed by atoms with van der Waals surface area (Å²) in [5, 5.41) is 3.09. The molecule has 1 unspecified atom stereocenters. The Morgan fingerprint density at radius 2 is 2.28 bits per heavy atom. The normalized spacial score (nSPS) is 17.7. The summed E-state index contributed by atoms with van der Waals surface area (Å²) < 4.78 is 2.12. The van der Waals surface area contributed by atoms with Crippen LogP contribution in [0.3, 0.4) is 0 Å². The van der Waals surface area contributed by atoms with Gasteiger partial charge >= 0.3 is 0 Å². The molecule has 1 atom stereocenters. The summed E-state index contributed by atoms with van der Waals surface area (Å²) in [5.74, 6) is 1.64. The highest BCUT2D eigenvalue weighted by Crippen LogP contribution is 2.21. The second-order valence-electron chi connectivity index (χ2n) is 7.12. The van der Waals surface area contributed by atoms with Crippen LogP contribution < -0.4 is 10.2 Å². The van der Waals surface area contributed by atoms with E-state index in [0.717, 1.165) is 44.0 Å². The van der Waals surface area contributed by atoms with Gasteiger partial charge in [-0.05, 0) is 30.9 Å². The zero-order chi connectivity index (χ0) is 17.6. The first-order valence-electron chi connectivity index (χ1n) is 9.06. The van der Waals surface area contributed by atoms with E-state index in [9.17, 15) is 4.79 Å². The minimum atomic E-state index is 0.0113. The number of anilines is 1. The van der Waals surface area contributed by atoms with Gasteiger partial charge in [-0.15, -0.1) is 0 Å². The molecule has 25 heavy (non-hydrogen) atoms. The fraction of sp³-hybridized carbons (Fsp3) is 0.526. The summed E-state index contributed by atoms with van der Waals surface area (Å²) in [4.78, 5) is 23.4. The van der Waals surface area contributed by atoms with Crippen molar-refractivity contribution in [3.05, 3.63) is 42.6 Å². The highest BCUT2D eigenvalue weighted by Gasteiger charge is 2.26. The molecule has 0 bridgehead atoms. The minimum absolute atomic E-state index is 0.0113. The van der Waals surface area contributed by atoms with Crippen molar-refractivity contribution >= 4 is 11.7 Å². The van der Waals surface area contributed by atoms with E-state index < -0.39 is 0 Å². The van der Waals surface area contributed by atoms with Crippen molar-refractivity contribution in [2.24, 2.45) is 11.8 Å². The lowest BCUT2D eigenvalue weighted by molar-refractivity contribution is -0.125. The molecular weight excluding hydrogens is 314 g/mol. The predicted molar refractivity (Wildman–Crippen MR) is 98.1 cm³/mol. The maximum absolute atomic E-state index is 12.6. The van der Waals surface area contributed by atoms with Crippen LogP contribution in [0.1, 0.15) is 32.4 Å². The number of pyridine rings is 1. The Kier molecular flexibility index (Phi) is 5.68. The van der Waals surface area contributed by atoms with Gasteiger partial charge in [0, 0.05) is 32.0 Å². The monoisotopic (exact) mass is 341 g/mol. The predicted octanol–water partition coefficient (Wildman–Crippen LogP) is 2.47. The van der Waals surface area contributed by atoms with Gasteiger partial charge in [0.2, 0.25) is 5.91 Å². The number of rotatable bonds is 6. The molecule has 0 radical (unpaired) electrons. The van der Waals surface area contributed by atoms with Crippen molar-refractivity contribution in [3.63, 3.8) is 0 Å². The first kappa shape index (κ1) is 17.5. The van der Waals surface area contributed by atoms with E-state index in [1.807, 2.05) is 30.7 Å². The van der Waals surface area contributed by atoms with Crippen LogP contribution in [0, 0.1) is 11.8 Å². The highest BCUT2D eigenvalue weighted by atomic mass is 16.1. The van der Waals surface area contributed by atoms with Crippen LogP contribution in [0.15, 0.2) is 36.9 Å². The number of carbonyl (C=O) groups is 1. The van der Waals surface area contributed by atoms with Gasteiger partial charge in [-0.25, -0.2) is 9.97 Å². The van der Waals surface area contributed by atoms with Crippen LogP contribution in [0.5, 0.6) is 0 Å². The van der Waals surface area contributed by atoms with Crippen molar-refractivity contribution in [3.8, 4) is 0 Å². The van der Waals surface area contributed by atoms with Gasteiger partial charge in [0.25, 0.3) is 0 Å². The first-order chi connectivity index (χ1) is 12.1. The third kappa shape index (κ3) is 4.59. The summed E-state index contributed by atoms with van der Waals surface area (Å²) in [5.41, 5.74) is 1.06. The lowest BCUT2D eigenvalue weighted by Crippen LogP contribution is -2.43. The van der Waals surface area contributed by atoms with Gasteiger partial charge in [0.15, 0.2) is 0 Å². The van der Waals surface area contributed by atoms with Gasteiger partial charge in [0.1, 0.15) is 5.82 Å². The number of carbonyl (C=O) groups excluding carboxylic acids is 1. The zero-order valence-electron chi connectivity index (χ0n) is 15.1. The van der Waals surface area contributed by atoms with Crippen molar-refractivity contribution < 1.29 is 4.79 Å². The van der Waals surface area contributed by atoms with E-state index in [1.165, 1.54) is 0 Å². The van der Waals surface area contributed by atoms with Crippen molar-refractivity contribution in [2.45, 2.75) is 39.8 Å². The average molecular weight is 341 g/mol. The Hall–Kier alpha value is -2.37. The topological polar surface area (TPSA) is 63.1 Å². The minimum Gasteiger partial charge on any atom is -0.356 e. The standard InChI is InChI=1S/C19H27N5O/c1-15(2)12-24-14-20-10-17(24)11-22-19(25)16-6-5-9-23(13-16)18-7-3-4-8-21-18/h3-4,7-8,10,14-16H,5-6,9,11-13H2,1-2H3,(H,22,25). The van der Waals surface area contributed by atoms with Crippen molar-refractivity contribution in [1.29, 1.82) is 0 Å². The van der Waals surface area contributed by atoms with Crippen LogP contribution in [0.4, 0.5) is 5.82 Å². The van der Waals surface area contributed by atoms with Crippen LogP contribution in [-0.2, 0) is 17.9 Å². The average Bonchev–Trinajstić information content (AvgIpc) is 3.07. The number of nitrogens with zero attached hydrogens (tertiary/aromatic N) is 4. The maximum Gasteiger partial charge on any atom is 0.225 e. The van der Waals surface area contributed by atoms with E-state index in [0.29, 0.717) is 12.5 Å². The summed E-state index contributed by atoms with van der Waals surface area (Å²) in [6, 6.07) is 5.91. The fourth-order valence-corrected chi connectivity index (χ4v) is 3.32. The molecule has 0 aromatic carbocycles. The van der Waals surface area contributed by atoms with Gasteiger partial charge in [-0.3, -0.25) is 4.79 Å². The third-order valence-electron chi connectivity index (χ3n) is 4.57. The molecule has 0 aliphatic carbocycles. The molecule has 0 spiro atoms. The molecular formula is C19H27N5O. The molecule has 1 amide bonds. The Labute approximate surface area is 149 Å². The van der Waals surface area contributed by atoms with Crippen molar-refractivity contribution in [2.75, 3.05) is 18.0 Å². The Bertz CT molecular complexity index is 682. The summed E-state index contributed by atoms with van der Waals surface area (Å²) in [6.45, 7) is 7.50. The second-order valence-corrected chi connectivity index (χ2v) is 7.12. The van der Waals surface area contributed by atoms with Gasteiger partial charge in [0.05, 0.1) is 24.5 Å². The SMILES string of the molecule is CC(C)Cn1cncc1CNC(=O)C1CCCN(c2ccccn2)C1. The van der Waals surface area contributed by atoms with E-state index in [-0.39, 0.29) is 11.8 Å². The smallest absolute Gasteiger partial charge is 0.225 e.